The maximum atomic E-state index is 12.7. The number of carboxylic acid groups (broad SMARTS) is 1. The number of hydrogen-bond acceptors (Lipinski definition) is 4. The highest BCUT2D eigenvalue weighted by molar-refractivity contribution is 9.10. The van der Waals surface area contributed by atoms with E-state index >= 15 is 0 Å². The average Bonchev–Trinajstić information content (AvgIpc) is 2.96. The van der Waals surface area contributed by atoms with E-state index in [1.807, 2.05) is 24.3 Å². The van der Waals surface area contributed by atoms with Gasteiger partial charge in [0.25, 0.3) is 0 Å². The van der Waals surface area contributed by atoms with Crippen LogP contribution in [-0.4, -0.2) is 60.1 Å². The Balaban J connectivity index is 1.70. The summed E-state index contributed by atoms with van der Waals surface area (Å²) < 4.78 is 5.93. The van der Waals surface area contributed by atoms with E-state index in [0.29, 0.717) is 13.1 Å². The summed E-state index contributed by atoms with van der Waals surface area (Å²) in [5.74, 6) is -1.84. The molecule has 1 N–H and O–H groups in total. The third-order valence-corrected chi connectivity index (χ3v) is 4.94. The standard InChI is InChI=1S/C16H17BrN2O5/c17-11-3-1-2-4-12(11)19-8-10(7-14(19)20)15(21)18-5-6-24-13(9-18)16(22)23/h1-4,10,13H,5-9H2,(H,22,23). The molecule has 2 aliphatic rings. The number of para-hydroxylation sites is 1. The van der Waals surface area contributed by atoms with Crippen LogP contribution < -0.4 is 4.90 Å². The van der Waals surface area contributed by atoms with Gasteiger partial charge in [0.05, 0.1) is 24.8 Å². The molecule has 3 rings (SSSR count). The van der Waals surface area contributed by atoms with Crippen molar-refractivity contribution < 1.29 is 24.2 Å². The molecule has 0 bridgehead atoms. The lowest BCUT2D eigenvalue weighted by molar-refractivity contribution is -0.160. The van der Waals surface area contributed by atoms with E-state index in [0.717, 1.165) is 10.2 Å². The van der Waals surface area contributed by atoms with Crippen molar-refractivity contribution in [1.82, 2.24) is 4.90 Å². The van der Waals surface area contributed by atoms with E-state index < -0.39 is 18.0 Å². The number of hydrogen-bond donors (Lipinski definition) is 1. The van der Waals surface area contributed by atoms with Gasteiger partial charge in [0.1, 0.15) is 0 Å². The monoisotopic (exact) mass is 396 g/mol. The third-order valence-electron chi connectivity index (χ3n) is 4.27. The second kappa shape index (κ2) is 6.90. The Morgan fingerprint density at radius 1 is 1.25 bits per heavy atom. The maximum Gasteiger partial charge on any atom is 0.334 e. The fourth-order valence-corrected chi connectivity index (χ4v) is 3.53. The van der Waals surface area contributed by atoms with Gasteiger partial charge in [-0.15, -0.1) is 0 Å². The van der Waals surface area contributed by atoms with Crippen LogP contribution in [0.5, 0.6) is 0 Å². The number of aliphatic carboxylic acids is 1. The Labute approximate surface area is 147 Å². The minimum absolute atomic E-state index is 0.0217. The second-order valence-electron chi connectivity index (χ2n) is 5.84. The first-order valence-corrected chi connectivity index (χ1v) is 8.44. The lowest BCUT2D eigenvalue weighted by Gasteiger charge is -2.32. The summed E-state index contributed by atoms with van der Waals surface area (Å²) in [4.78, 5) is 39.1. The Bertz CT molecular complexity index is 680. The van der Waals surface area contributed by atoms with E-state index in [1.54, 1.807) is 4.90 Å². The minimum atomic E-state index is -1.08. The van der Waals surface area contributed by atoms with Gasteiger partial charge in [-0.05, 0) is 28.1 Å². The molecule has 0 radical (unpaired) electrons. The van der Waals surface area contributed by atoms with Crippen molar-refractivity contribution in [2.24, 2.45) is 5.92 Å². The highest BCUT2D eigenvalue weighted by Gasteiger charge is 2.39. The molecule has 7 nitrogen and oxygen atoms in total. The number of anilines is 1. The molecule has 0 aromatic heterocycles. The molecule has 128 valence electrons. The molecule has 2 saturated heterocycles. The Kier molecular flexibility index (Phi) is 4.86. The average molecular weight is 397 g/mol. The highest BCUT2D eigenvalue weighted by Crippen LogP contribution is 2.32. The fourth-order valence-electron chi connectivity index (χ4n) is 3.03. The van der Waals surface area contributed by atoms with Gasteiger partial charge in [0.2, 0.25) is 11.8 Å². The SMILES string of the molecule is O=C(O)C1CN(C(=O)C2CC(=O)N(c3ccccc3Br)C2)CCO1. The molecule has 2 heterocycles. The Morgan fingerprint density at radius 3 is 2.71 bits per heavy atom. The molecule has 2 aliphatic heterocycles. The Morgan fingerprint density at radius 2 is 2.00 bits per heavy atom. The van der Waals surface area contributed by atoms with Gasteiger partial charge in [-0.3, -0.25) is 9.59 Å². The normalized spacial score (nSPS) is 24.3. The van der Waals surface area contributed by atoms with Crippen LogP contribution in [0.2, 0.25) is 0 Å². The quantitative estimate of drug-likeness (QED) is 0.826. The van der Waals surface area contributed by atoms with E-state index in [4.69, 9.17) is 9.84 Å². The van der Waals surface area contributed by atoms with E-state index in [2.05, 4.69) is 15.9 Å². The number of rotatable bonds is 3. The van der Waals surface area contributed by atoms with Crippen molar-refractivity contribution in [1.29, 1.82) is 0 Å². The predicted octanol–water partition coefficient (Wildman–Crippen LogP) is 1.11. The Hall–Kier alpha value is -1.93. The number of amides is 2. The molecule has 2 atom stereocenters. The van der Waals surface area contributed by atoms with Crippen LogP contribution in [0.1, 0.15) is 6.42 Å². The first kappa shape index (κ1) is 16.9. The van der Waals surface area contributed by atoms with Gasteiger partial charge in [-0.25, -0.2) is 4.79 Å². The molecule has 2 unspecified atom stereocenters. The van der Waals surface area contributed by atoms with Crippen molar-refractivity contribution in [3.8, 4) is 0 Å². The zero-order chi connectivity index (χ0) is 17.3. The number of benzene rings is 1. The zero-order valence-electron chi connectivity index (χ0n) is 12.9. The molecular formula is C16H17BrN2O5. The number of halogens is 1. The van der Waals surface area contributed by atoms with Crippen molar-refractivity contribution in [2.75, 3.05) is 31.1 Å². The molecule has 1 aromatic carbocycles. The molecule has 0 saturated carbocycles. The molecule has 2 amide bonds. The summed E-state index contributed by atoms with van der Waals surface area (Å²) in [5.41, 5.74) is 0.739. The van der Waals surface area contributed by atoms with Crippen LogP contribution >= 0.6 is 15.9 Å². The second-order valence-corrected chi connectivity index (χ2v) is 6.69. The van der Waals surface area contributed by atoms with Crippen LogP contribution in [-0.2, 0) is 19.1 Å². The number of carbonyl (C=O) groups is 3. The maximum absolute atomic E-state index is 12.7. The molecule has 1 aromatic rings. The summed E-state index contributed by atoms with van der Waals surface area (Å²) in [5, 5.41) is 9.04. The predicted molar refractivity (Wildman–Crippen MR) is 88.6 cm³/mol. The summed E-state index contributed by atoms with van der Waals surface area (Å²) in [6.45, 7) is 0.864. The summed E-state index contributed by atoms with van der Waals surface area (Å²) in [6, 6.07) is 7.36. The number of morpholine rings is 1. The van der Waals surface area contributed by atoms with Crippen LogP contribution in [0, 0.1) is 5.92 Å². The van der Waals surface area contributed by atoms with Crippen molar-refractivity contribution >= 4 is 39.4 Å². The van der Waals surface area contributed by atoms with Crippen LogP contribution in [0.25, 0.3) is 0 Å². The van der Waals surface area contributed by atoms with Crippen LogP contribution in [0.15, 0.2) is 28.7 Å². The van der Waals surface area contributed by atoms with Gasteiger partial charge in [0.15, 0.2) is 6.10 Å². The summed E-state index contributed by atoms with van der Waals surface area (Å²) >= 11 is 3.42. The smallest absolute Gasteiger partial charge is 0.334 e. The number of carbonyl (C=O) groups excluding carboxylic acids is 2. The molecule has 2 fully saturated rings. The number of nitrogens with zero attached hydrogens (tertiary/aromatic N) is 2. The van der Waals surface area contributed by atoms with Crippen LogP contribution in [0.3, 0.4) is 0 Å². The summed E-state index contributed by atoms with van der Waals surface area (Å²) in [7, 11) is 0. The largest absolute Gasteiger partial charge is 0.479 e. The molecule has 8 heteroatoms. The van der Waals surface area contributed by atoms with Crippen molar-refractivity contribution in [3.05, 3.63) is 28.7 Å². The van der Waals surface area contributed by atoms with Gasteiger partial charge < -0.3 is 19.6 Å². The fraction of sp³-hybridized carbons (Fsp3) is 0.438. The first-order chi connectivity index (χ1) is 11.5. The molecule has 24 heavy (non-hydrogen) atoms. The van der Waals surface area contributed by atoms with Gasteiger partial charge in [0, 0.05) is 24.0 Å². The van der Waals surface area contributed by atoms with Crippen molar-refractivity contribution in [2.45, 2.75) is 12.5 Å². The van der Waals surface area contributed by atoms with Crippen LogP contribution in [0.4, 0.5) is 5.69 Å². The zero-order valence-corrected chi connectivity index (χ0v) is 14.4. The molecule has 0 aliphatic carbocycles. The van der Waals surface area contributed by atoms with E-state index in [1.165, 1.54) is 4.90 Å². The minimum Gasteiger partial charge on any atom is -0.479 e. The lowest BCUT2D eigenvalue weighted by atomic mass is 10.1. The van der Waals surface area contributed by atoms with E-state index in [-0.39, 0.29) is 31.4 Å². The van der Waals surface area contributed by atoms with Crippen molar-refractivity contribution in [3.63, 3.8) is 0 Å². The topological polar surface area (TPSA) is 87.2 Å². The summed E-state index contributed by atoms with van der Waals surface area (Å²) in [6.07, 6.45) is -0.867. The first-order valence-electron chi connectivity index (χ1n) is 7.65. The molecule has 0 spiro atoms. The van der Waals surface area contributed by atoms with Gasteiger partial charge >= 0.3 is 5.97 Å². The van der Waals surface area contributed by atoms with Gasteiger partial charge in [-0.2, -0.15) is 0 Å². The van der Waals surface area contributed by atoms with Gasteiger partial charge in [-0.1, -0.05) is 12.1 Å². The van der Waals surface area contributed by atoms with E-state index in [9.17, 15) is 14.4 Å². The number of ether oxygens (including phenoxy) is 1. The number of carboxylic acids is 1. The highest BCUT2D eigenvalue weighted by atomic mass is 79.9. The lowest BCUT2D eigenvalue weighted by Crippen LogP contribution is -2.50. The molecular weight excluding hydrogens is 380 g/mol. The third kappa shape index (κ3) is 3.29.